The molecule has 25 heavy (non-hydrogen) atoms. The van der Waals surface area contributed by atoms with Crippen LogP contribution in [0, 0.1) is 5.92 Å². The molecule has 136 valence electrons. The van der Waals surface area contributed by atoms with Gasteiger partial charge in [0.1, 0.15) is 6.10 Å². The van der Waals surface area contributed by atoms with Crippen molar-refractivity contribution in [1.29, 1.82) is 0 Å². The van der Waals surface area contributed by atoms with Crippen LogP contribution in [0.5, 0.6) is 0 Å². The van der Waals surface area contributed by atoms with Gasteiger partial charge in [0.15, 0.2) is 0 Å². The summed E-state index contributed by atoms with van der Waals surface area (Å²) in [5, 5.41) is 0. The van der Waals surface area contributed by atoms with E-state index in [1.54, 1.807) is 0 Å². The van der Waals surface area contributed by atoms with Gasteiger partial charge in [0.25, 0.3) is 0 Å². The molecule has 1 aromatic carbocycles. The lowest BCUT2D eigenvalue weighted by Crippen LogP contribution is -2.53. The van der Waals surface area contributed by atoms with E-state index in [-0.39, 0.29) is 12.1 Å². The highest BCUT2D eigenvalue weighted by atomic mass is 16.5. The summed E-state index contributed by atoms with van der Waals surface area (Å²) in [6, 6.07) is 10.5. The summed E-state index contributed by atoms with van der Waals surface area (Å²) in [5.41, 5.74) is 0.747. The van der Waals surface area contributed by atoms with Gasteiger partial charge in [-0.1, -0.05) is 62.4 Å². The van der Waals surface area contributed by atoms with Crippen molar-refractivity contribution in [3.63, 3.8) is 0 Å². The maximum absolute atomic E-state index is 13.5. The predicted molar refractivity (Wildman–Crippen MR) is 99.5 cm³/mol. The normalized spacial score (nSPS) is 31.8. The van der Waals surface area contributed by atoms with Crippen LogP contribution < -0.4 is 0 Å². The zero-order valence-electron chi connectivity index (χ0n) is 15.3. The van der Waals surface area contributed by atoms with E-state index in [0.29, 0.717) is 5.92 Å². The van der Waals surface area contributed by atoms with Gasteiger partial charge in [-0.3, -0.25) is 9.69 Å². The molecule has 4 aliphatic rings. The predicted octanol–water partition coefficient (Wildman–Crippen LogP) is 4.31. The Bertz CT molecular complexity index is 569. The van der Waals surface area contributed by atoms with Crippen molar-refractivity contribution in [3.05, 3.63) is 35.9 Å². The van der Waals surface area contributed by atoms with Gasteiger partial charge in [0.05, 0.1) is 5.41 Å². The fraction of sp³-hybridized carbons (Fsp3) is 0.682. The van der Waals surface area contributed by atoms with Gasteiger partial charge in [-0.05, 0) is 50.3 Å². The Morgan fingerprint density at radius 3 is 2.20 bits per heavy atom. The lowest BCUT2D eigenvalue weighted by molar-refractivity contribution is -0.167. The van der Waals surface area contributed by atoms with Gasteiger partial charge < -0.3 is 4.74 Å². The summed E-state index contributed by atoms with van der Waals surface area (Å²) >= 11 is 0. The molecule has 2 bridgehead atoms. The SMILES string of the molecule is O=C(O[C@@H]1CN2CCC1CC2)C1(c2ccccc2)CCCCCCC1. The molecule has 1 aliphatic carbocycles. The van der Waals surface area contributed by atoms with E-state index in [4.69, 9.17) is 4.74 Å². The second-order valence-electron chi connectivity index (χ2n) is 8.30. The molecule has 0 N–H and O–H groups in total. The Kier molecular flexibility index (Phi) is 5.12. The van der Waals surface area contributed by atoms with Gasteiger partial charge in [0.2, 0.25) is 0 Å². The number of piperidine rings is 3. The van der Waals surface area contributed by atoms with Crippen LogP contribution in [-0.4, -0.2) is 36.6 Å². The molecule has 0 radical (unpaired) electrons. The molecule has 5 rings (SSSR count). The fourth-order valence-electron chi connectivity index (χ4n) is 5.17. The van der Waals surface area contributed by atoms with E-state index < -0.39 is 5.41 Å². The van der Waals surface area contributed by atoms with Crippen LogP contribution in [0.2, 0.25) is 0 Å². The lowest BCUT2D eigenvalue weighted by atomic mass is 9.71. The molecule has 3 aliphatic heterocycles. The molecule has 0 unspecified atom stereocenters. The highest BCUT2D eigenvalue weighted by molar-refractivity contribution is 5.83. The van der Waals surface area contributed by atoms with Crippen LogP contribution in [0.4, 0.5) is 0 Å². The van der Waals surface area contributed by atoms with Crippen molar-refractivity contribution in [2.45, 2.75) is 69.3 Å². The third kappa shape index (κ3) is 3.48. The van der Waals surface area contributed by atoms with Crippen LogP contribution in [0.1, 0.15) is 63.4 Å². The number of esters is 1. The topological polar surface area (TPSA) is 29.5 Å². The molecule has 3 heteroatoms. The summed E-state index contributed by atoms with van der Waals surface area (Å²) in [5.74, 6) is 0.634. The maximum Gasteiger partial charge on any atom is 0.316 e. The lowest BCUT2D eigenvalue weighted by Gasteiger charge is -2.45. The number of nitrogens with zero attached hydrogens (tertiary/aromatic N) is 1. The first-order chi connectivity index (χ1) is 12.3. The van der Waals surface area contributed by atoms with Crippen LogP contribution in [-0.2, 0) is 14.9 Å². The Morgan fingerprint density at radius 1 is 0.960 bits per heavy atom. The standard InChI is InChI=1S/C22H31NO2/c24-21(25-20-17-23-15-11-18(20)12-16-23)22(19-9-5-4-6-10-19)13-7-2-1-3-8-14-22/h4-6,9-10,18,20H,1-3,7-8,11-17H2/t20-/m1/s1. The first kappa shape index (κ1) is 17.1. The Morgan fingerprint density at radius 2 is 1.60 bits per heavy atom. The fourth-order valence-corrected chi connectivity index (χ4v) is 5.17. The highest BCUT2D eigenvalue weighted by Crippen LogP contribution is 2.40. The van der Waals surface area contributed by atoms with E-state index in [0.717, 1.165) is 32.2 Å². The Balaban J connectivity index is 1.57. The molecular formula is C22H31NO2. The molecule has 4 fully saturated rings. The monoisotopic (exact) mass is 341 g/mol. The third-order valence-electron chi connectivity index (χ3n) is 6.78. The number of fused-ring (bicyclic) bond motifs is 3. The van der Waals surface area contributed by atoms with E-state index in [9.17, 15) is 4.79 Å². The summed E-state index contributed by atoms with van der Waals surface area (Å²) in [6.07, 6.45) is 10.4. The number of benzene rings is 1. The summed E-state index contributed by atoms with van der Waals surface area (Å²) < 4.78 is 6.24. The molecule has 1 saturated carbocycles. The van der Waals surface area contributed by atoms with Crippen molar-refractivity contribution in [1.82, 2.24) is 4.90 Å². The smallest absolute Gasteiger partial charge is 0.316 e. The van der Waals surface area contributed by atoms with Crippen molar-refractivity contribution < 1.29 is 9.53 Å². The van der Waals surface area contributed by atoms with Crippen molar-refractivity contribution in [2.75, 3.05) is 19.6 Å². The van der Waals surface area contributed by atoms with E-state index in [1.807, 2.05) is 6.07 Å². The third-order valence-corrected chi connectivity index (χ3v) is 6.78. The molecule has 0 spiro atoms. The second kappa shape index (κ2) is 7.49. The molecule has 3 heterocycles. The van der Waals surface area contributed by atoms with E-state index in [1.165, 1.54) is 50.8 Å². The zero-order valence-corrected chi connectivity index (χ0v) is 15.3. The molecule has 1 atom stereocenters. The molecule has 0 amide bonds. The number of rotatable bonds is 3. The zero-order chi connectivity index (χ0) is 17.1. The van der Waals surface area contributed by atoms with Crippen molar-refractivity contribution >= 4 is 5.97 Å². The second-order valence-corrected chi connectivity index (χ2v) is 8.30. The van der Waals surface area contributed by atoms with E-state index in [2.05, 4.69) is 29.2 Å². The Hall–Kier alpha value is -1.35. The molecule has 1 aromatic rings. The largest absolute Gasteiger partial charge is 0.460 e. The van der Waals surface area contributed by atoms with Gasteiger partial charge in [0, 0.05) is 6.54 Å². The van der Waals surface area contributed by atoms with Gasteiger partial charge in [-0.2, -0.15) is 0 Å². The number of carbonyl (C=O) groups excluding carboxylic acids is 1. The first-order valence-electron chi connectivity index (χ1n) is 10.3. The quantitative estimate of drug-likeness (QED) is 0.768. The number of hydrogen-bond donors (Lipinski definition) is 0. The first-order valence-corrected chi connectivity index (χ1v) is 10.3. The molecule has 0 aromatic heterocycles. The van der Waals surface area contributed by atoms with Crippen molar-refractivity contribution in [3.8, 4) is 0 Å². The highest BCUT2D eigenvalue weighted by Gasteiger charge is 2.44. The van der Waals surface area contributed by atoms with Gasteiger partial charge in [-0.25, -0.2) is 0 Å². The van der Waals surface area contributed by atoms with Crippen LogP contribution in [0.25, 0.3) is 0 Å². The maximum atomic E-state index is 13.5. The van der Waals surface area contributed by atoms with Crippen LogP contribution >= 0.6 is 0 Å². The van der Waals surface area contributed by atoms with Crippen LogP contribution in [0.3, 0.4) is 0 Å². The summed E-state index contributed by atoms with van der Waals surface area (Å²) in [6.45, 7) is 3.31. The van der Waals surface area contributed by atoms with Crippen molar-refractivity contribution in [2.24, 2.45) is 5.92 Å². The average molecular weight is 341 g/mol. The number of ether oxygens (including phenoxy) is 1. The molecule has 3 saturated heterocycles. The molecular weight excluding hydrogens is 310 g/mol. The minimum atomic E-state index is -0.423. The summed E-state index contributed by atoms with van der Waals surface area (Å²) in [7, 11) is 0. The minimum absolute atomic E-state index is 0.0550. The van der Waals surface area contributed by atoms with Crippen LogP contribution in [0.15, 0.2) is 30.3 Å². The number of carbonyl (C=O) groups is 1. The average Bonchev–Trinajstić information content (AvgIpc) is 2.64. The van der Waals surface area contributed by atoms with Gasteiger partial charge in [-0.15, -0.1) is 0 Å². The summed E-state index contributed by atoms with van der Waals surface area (Å²) in [4.78, 5) is 16.0. The minimum Gasteiger partial charge on any atom is -0.460 e. The van der Waals surface area contributed by atoms with Gasteiger partial charge >= 0.3 is 5.97 Å². The molecule has 3 nitrogen and oxygen atoms in total. The number of hydrogen-bond acceptors (Lipinski definition) is 3. The Labute approximate surface area is 151 Å². The van der Waals surface area contributed by atoms with E-state index >= 15 is 0 Å².